The van der Waals surface area contributed by atoms with Crippen LogP contribution in [-0.2, 0) is 14.4 Å². The van der Waals surface area contributed by atoms with E-state index in [1.807, 2.05) is 44.2 Å². The highest BCUT2D eigenvalue weighted by Crippen LogP contribution is 2.32. The number of hydrogen-bond acceptors (Lipinski definition) is 6. The number of rotatable bonds is 7. The van der Waals surface area contributed by atoms with Gasteiger partial charge in [0.1, 0.15) is 10.9 Å². The van der Waals surface area contributed by atoms with Gasteiger partial charge in [-0.2, -0.15) is 0 Å². The number of benzene rings is 1. The summed E-state index contributed by atoms with van der Waals surface area (Å²) in [4.78, 5) is 37.4. The third kappa shape index (κ3) is 5.40. The number of nitrogens with one attached hydrogen (secondary N) is 1. The fourth-order valence-corrected chi connectivity index (χ4v) is 3.66. The van der Waals surface area contributed by atoms with Crippen molar-refractivity contribution in [2.75, 3.05) is 6.54 Å². The average molecular weight is 391 g/mol. The number of carboxylic acids is 1. The van der Waals surface area contributed by atoms with Gasteiger partial charge in [0, 0.05) is 0 Å². The molecule has 26 heavy (non-hydrogen) atoms. The number of carbonyl (C=O) groups is 3. The van der Waals surface area contributed by atoms with Crippen LogP contribution in [0.2, 0.25) is 0 Å². The molecule has 2 amide bonds. The zero-order valence-electron chi connectivity index (χ0n) is 14.4. The Morgan fingerprint density at radius 2 is 1.96 bits per heavy atom. The largest absolute Gasteiger partial charge is 0.548 e. The van der Waals surface area contributed by atoms with Crippen molar-refractivity contribution in [3.8, 4) is 0 Å². The Bertz CT molecular complexity index is 747. The van der Waals surface area contributed by atoms with Crippen molar-refractivity contribution in [3.63, 3.8) is 0 Å². The molecule has 1 N–H and O–H groups in total. The van der Waals surface area contributed by atoms with Crippen molar-refractivity contribution in [1.29, 1.82) is 0 Å². The van der Waals surface area contributed by atoms with Crippen molar-refractivity contribution in [2.24, 2.45) is 5.92 Å². The molecule has 0 spiro atoms. The van der Waals surface area contributed by atoms with Gasteiger partial charge >= 0.3 is 0 Å². The number of carboxylic acid groups (broad SMARTS) is 1. The van der Waals surface area contributed by atoms with E-state index in [-0.39, 0.29) is 29.1 Å². The van der Waals surface area contributed by atoms with E-state index in [0.717, 1.165) is 17.3 Å². The maximum Gasteiger partial charge on any atom is 0.266 e. The Labute approximate surface area is 161 Å². The van der Waals surface area contributed by atoms with Gasteiger partial charge in [0.05, 0.1) is 16.9 Å². The highest BCUT2D eigenvalue weighted by Gasteiger charge is 2.33. The molecule has 1 atom stereocenters. The summed E-state index contributed by atoms with van der Waals surface area (Å²) in [5, 5.41) is 13.5. The Morgan fingerprint density at radius 1 is 1.31 bits per heavy atom. The van der Waals surface area contributed by atoms with Crippen LogP contribution in [-0.4, -0.2) is 39.6 Å². The molecule has 1 saturated heterocycles. The summed E-state index contributed by atoms with van der Waals surface area (Å²) in [5.41, 5.74) is 0.853. The number of carbonyl (C=O) groups excluding carboxylic acids is 3. The smallest absolute Gasteiger partial charge is 0.266 e. The van der Waals surface area contributed by atoms with Crippen LogP contribution in [0.5, 0.6) is 0 Å². The summed E-state index contributed by atoms with van der Waals surface area (Å²) in [6, 6.07) is 8.20. The molecule has 0 radical (unpaired) electrons. The first-order valence-corrected chi connectivity index (χ1v) is 9.31. The second-order valence-electron chi connectivity index (χ2n) is 6.25. The van der Waals surface area contributed by atoms with E-state index in [0.29, 0.717) is 4.91 Å². The first-order chi connectivity index (χ1) is 12.3. The zero-order chi connectivity index (χ0) is 19.3. The van der Waals surface area contributed by atoms with Crippen molar-refractivity contribution in [2.45, 2.75) is 26.3 Å². The van der Waals surface area contributed by atoms with Gasteiger partial charge in [-0.3, -0.25) is 14.5 Å². The fourth-order valence-electron chi connectivity index (χ4n) is 2.41. The van der Waals surface area contributed by atoms with Gasteiger partial charge in [-0.1, -0.05) is 68.2 Å². The van der Waals surface area contributed by atoms with Crippen LogP contribution in [0.3, 0.4) is 0 Å². The van der Waals surface area contributed by atoms with Gasteiger partial charge in [0.15, 0.2) is 0 Å². The minimum atomic E-state index is -1.35. The molecular formula is C18H19N2O4S2-. The first kappa shape index (κ1) is 20.1. The van der Waals surface area contributed by atoms with Crippen LogP contribution in [0.1, 0.15) is 25.8 Å². The molecule has 0 bridgehead atoms. The SMILES string of the molecule is CC(C)C[C@@H](NC(=O)CN1C(=O)/C(=C/c2ccccc2)SC1=S)C(=O)[O-]. The lowest BCUT2D eigenvalue weighted by Gasteiger charge is -2.23. The molecule has 0 saturated carbocycles. The van der Waals surface area contributed by atoms with E-state index in [9.17, 15) is 19.5 Å². The molecule has 1 fully saturated rings. The topological polar surface area (TPSA) is 89.5 Å². The van der Waals surface area contributed by atoms with Gasteiger partial charge in [0.2, 0.25) is 5.91 Å². The van der Waals surface area contributed by atoms with E-state index in [1.54, 1.807) is 6.08 Å². The van der Waals surface area contributed by atoms with Crippen molar-refractivity contribution in [1.82, 2.24) is 10.2 Å². The highest BCUT2D eigenvalue weighted by atomic mass is 32.2. The van der Waals surface area contributed by atoms with Crippen LogP contribution in [0.4, 0.5) is 0 Å². The predicted molar refractivity (Wildman–Crippen MR) is 103 cm³/mol. The van der Waals surface area contributed by atoms with Gasteiger partial charge in [-0.25, -0.2) is 0 Å². The van der Waals surface area contributed by atoms with Crippen molar-refractivity contribution < 1.29 is 19.5 Å². The maximum atomic E-state index is 12.5. The second kappa shape index (κ2) is 8.95. The Morgan fingerprint density at radius 3 is 2.54 bits per heavy atom. The minimum absolute atomic E-state index is 0.0728. The monoisotopic (exact) mass is 391 g/mol. The third-order valence-corrected chi connectivity index (χ3v) is 4.98. The molecule has 1 aliphatic rings. The standard InChI is InChI=1S/C18H20N2O4S2/c1-11(2)8-13(17(23)24)19-15(21)10-20-16(22)14(26-18(20)25)9-12-6-4-3-5-7-12/h3-7,9,11,13H,8,10H2,1-2H3,(H,19,21)(H,23,24)/p-1/b14-9-/t13-/m1/s1. The van der Waals surface area contributed by atoms with Crippen molar-refractivity contribution in [3.05, 3.63) is 40.8 Å². The quantitative estimate of drug-likeness (QED) is 0.554. The lowest BCUT2D eigenvalue weighted by atomic mass is 10.0. The molecular weight excluding hydrogens is 372 g/mol. The summed E-state index contributed by atoms with van der Waals surface area (Å²) >= 11 is 6.30. The zero-order valence-corrected chi connectivity index (χ0v) is 16.1. The molecule has 2 rings (SSSR count). The van der Waals surface area contributed by atoms with Crippen LogP contribution < -0.4 is 10.4 Å². The second-order valence-corrected chi connectivity index (χ2v) is 7.92. The van der Waals surface area contributed by atoms with E-state index < -0.39 is 17.9 Å². The Kier molecular flexibility index (Phi) is 6.93. The number of nitrogens with zero attached hydrogens (tertiary/aromatic N) is 1. The number of amides is 2. The number of hydrogen-bond donors (Lipinski definition) is 1. The van der Waals surface area contributed by atoms with Crippen LogP contribution >= 0.6 is 24.0 Å². The molecule has 1 heterocycles. The number of aliphatic carboxylic acids is 1. The van der Waals surface area contributed by atoms with E-state index in [2.05, 4.69) is 5.32 Å². The first-order valence-electron chi connectivity index (χ1n) is 8.08. The molecule has 0 aliphatic carbocycles. The summed E-state index contributed by atoms with van der Waals surface area (Å²) in [7, 11) is 0. The van der Waals surface area contributed by atoms with Crippen LogP contribution in [0.15, 0.2) is 35.2 Å². The Hall–Kier alpha value is -2.19. The van der Waals surface area contributed by atoms with Gasteiger partial charge in [-0.05, 0) is 24.0 Å². The molecule has 138 valence electrons. The molecule has 1 aromatic rings. The summed E-state index contributed by atoms with van der Waals surface area (Å²) < 4.78 is 0.265. The lowest BCUT2D eigenvalue weighted by Crippen LogP contribution is -2.51. The lowest BCUT2D eigenvalue weighted by molar-refractivity contribution is -0.308. The molecule has 8 heteroatoms. The van der Waals surface area contributed by atoms with Crippen molar-refractivity contribution >= 4 is 52.2 Å². The maximum absolute atomic E-state index is 12.5. The summed E-state index contributed by atoms with van der Waals surface area (Å²) in [6.07, 6.45) is 1.96. The molecule has 0 unspecified atom stereocenters. The normalized spacial score (nSPS) is 17.0. The molecule has 1 aromatic carbocycles. The summed E-state index contributed by atoms with van der Waals surface area (Å²) in [5.74, 6) is -2.23. The van der Waals surface area contributed by atoms with Gasteiger partial charge < -0.3 is 15.2 Å². The highest BCUT2D eigenvalue weighted by molar-refractivity contribution is 8.26. The minimum Gasteiger partial charge on any atom is -0.548 e. The van der Waals surface area contributed by atoms with Crippen LogP contribution in [0.25, 0.3) is 6.08 Å². The fraction of sp³-hybridized carbons (Fsp3) is 0.333. The predicted octanol–water partition coefficient (Wildman–Crippen LogP) is 1.17. The van der Waals surface area contributed by atoms with E-state index in [4.69, 9.17) is 12.2 Å². The number of thiocarbonyl (C=S) groups is 1. The molecule has 1 aliphatic heterocycles. The third-order valence-electron chi connectivity index (χ3n) is 3.60. The number of thioether (sulfide) groups is 1. The molecule has 0 aromatic heterocycles. The average Bonchev–Trinajstić information content (AvgIpc) is 2.82. The molecule has 6 nitrogen and oxygen atoms in total. The van der Waals surface area contributed by atoms with E-state index >= 15 is 0 Å². The van der Waals surface area contributed by atoms with Crippen LogP contribution in [0, 0.1) is 5.92 Å². The summed E-state index contributed by atoms with van der Waals surface area (Å²) in [6.45, 7) is 3.37. The van der Waals surface area contributed by atoms with E-state index in [1.165, 1.54) is 4.90 Å². The van der Waals surface area contributed by atoms with Gasteiger partial charge in [0.25, 0.3) is 5.91 Å². The van der Waals surface area contributed by atoms with Gasteiger partial charge in [-0.15, -0.1) is 0 Å². The Balaban J connectivity index is 2.04.